The number of esters is 1. The van der Waals surface area contributed by atoms with E-state index < -0.39 is 24.4 Å². The average Bonchev–Trinajstić information content (AvgIpc) is 3.11. The van der Waals surface area contributed by atoms with E-state index in [2.05, 4.69) is 10.6 Å². The molecule has 0 saturated heterocycles. The quantitative estimate of drug-likeness (QED) is 0.588. The lowest BCUT2D eigenvalue weighted by atomic mass is 10.2. The van der Waals surface area contributed by atoms with E-state index in [9.17, 15) is 14.4 Å². The van der Waals surface area contributed by atoms with Gasteiger partial charge >= 0.3 is 5.97 Å². The number of furan rings is 1. The Morgan fingerprint density at radius 3 is 2.52 bits per heavy atom. The number of amides is 2. The monoisotopic (exact) mass is 342 g/mol. The first-order chi connectivity index (χ1) is 12.0. The molecule has 7 nitrogen and oxygen atoms in total. The van der Waals surface area contributed by atoms with Gasteiger partial charge in [-0.3, -0.25) is 9.59 Å². The molecule has 1 aromatic heterocycles. The normalized spacial score (nSPS) is 10.8. The topological polar surface area (TPSA) is 97.6 Å². The number of nitrogens with one attached hydrogen (secondary N) is 2. The maximum absolute atomic E-state index is 12.1. The van der Waals surface area contributed by atoms with Crippen molar-refractivity contribution in [1.29, 1.82) is 0 Å². The van der Waals surface area contributed by atoms with Crippen LogP contribution in [0.1, 0.15) is 18.2 Å². The average molecular weight is 342 g/mol. The molecule has 0 bridgehead atoms. The van der Waals surface area contributed by atoms with Gasteiger partial charge in [-0.05, 0) is 23.8 Å². The first-order valence-electron chi connectivity index (χ1n) is 7.55. The molecule has 2 aromatic rings. The fourth-order valence-electron chi connectivity index (χ4n) is 1.91. The molecule has 0 aliphatic rings. The second-order valence-corrected chi connectivity index (χ2v) is 5.08. The number of hydrogen-bond acceptors (Lipinski definition) is 5. The number of carbonyl (C=O) groups is 3. The molecular formula is C18H18N2O5. The molecule has 1 aromatic carbocycles. The highest BCUT2D eigenvalue weighted by atomic mass is 16.5. The molecule has 2 N–H and O–H groups in total. The summed E-state index contributed by atoms with van der Waals surface area (Å²) in [5.41, 5.74) is 0.669. The molecule has 130 valence electrons. The van der Waals surface area contributed by atoms with E-state index in [1.165, 1.54) is 19.3 Å². The van der Waals surface area contributed by atoms with Crippen LogP contribution in [0.4, 0.5) is 0 Å². The Bertz CT molecular complexity index is 751. The molecule has 0 aliphatic heterocycles. The molecule has 2 amide bonds. The third-order valence-corrected chi connectivity index (χ3v) is 3.02. The fourth-order valence-corrected chi connectivity index (χ4v) is 1.91. The summed E-state index contributed by atoms with van der Waals surface area (Å²) in [6, 6.07) is 12.4. The summed E-state index contributed by atoms with van der Waals surface area (Å²) in [6.45, 7) is 1.01. The molecule has 0 fully saturated rings. The van der Waals surface area contributed by atoms with E-state index in [-0.39, 0.29) is 12.2 Å². The highest BCUT2D eigenvalue weighted by Crippen LogP contribution is 2.06. The summed E-state index contributed by atoms with van der Waals surface area (Å²) in [5.74, 6) is -1.11. The largest absolute Gasteiger partial charge is 0.467 e. The predicted molar refractivity (Wildman–Crippen MR) is 89.7 cm³/mol. The summed E-state index contributed by atoms with van der Waals surface area (Å²) in [5, 5.41) is 4.96. The predicted octanol–water partition coefficient (Wildman–Crippen LogP) is 1.62. The third-order valence-electron chi connectivity index (χ3n) is 3.02. The Balaban J connectivity index is 1.91. The van der Waals surface area contributed by atoms with E-state index in [0.717, 1.165) is 0 Å². The van der Waals surface area contributed by atoms with Gasteiger partial charge in [0.25, 0.3) is 5.91 Å². The van der Waals surface area contributed by atoms with Crippen LogP contribution in [-0.4, -0.2) is 24.4 Å². The van der Waals surface area contributed by atoms with Gasteiger partial charge < -0.3 is 19.8 Å². The van der Waals surface area contributed by atoms with Gasteiger partial charge in [-0.1, -0.05) is 30.3 Å². The summed E-state index contributed by atoms with van der Waals surface area (Å²) in [6.07, 6.45) is 2.97. The molecule has 0 unspecified atom stereocenters. The van der Waals surface area contributed by atoms with Crippen molar-refractivity contribution < 1.29 is 23.5 Å². The van der Waals surface area contributed by atoms with Gasteiger partial charge in [0.2, 0.25) is 5.91 Å². The number of ether oxygens (including phenoxy) is 1. The lowest BCUT2D eigenvalue weighted by molar-refractivity contribution is -0.145. The number of rotatable bonds is 7. The second-order valence-electron chi connectivity index (χ2n) is 5.08. The summed E-state index contributed by atoms with van der Waals surface area (Å²) < 4.78 is 10.0. The first kappa shape index (κ1) is 18.0. The SMILES string of the molecule is CC(=O)N/C(=C\c1ccccc1)C(=O)OCC(=O)NCc1ccco1. The minimum Gasteiger partial charge on any atom is -0.467 e. The van der Waals surface area contributed by atoms with Gasteiger partial charge in [-0.25, -0.2) is 4.79 Å². The van der Waals surface area contributed by atoms with E-state index in [1.54, 1.807) is 36.4 Å². The molecule has 0 radical (unpaired) electrons. The molecule has 7 heteroatoms. The Labute approximate surface area is 144 Å². The summed E-state index contributed by atoms with van der Waals surface area (Å²) in [4.78, 5) is 35.1. The van der Waals surface area contributed by atoms with Gasteiger partial charge in [0.15, 0.2) is 6.61 Å². The lowest BCUT2D eigenvalue weighted by Gasteiger charge is -2.09. The first-order valence-corrected chi connectivity index (χ1v) is 7.55. The minimum absolute atomic E-state index is 0.0439. The van der Waals surface area contributed by atoms with Crippen LogP contribution in [0, 0.1) is 0 Å². The summed E-state index contributed by atoms with van der Waals surface area (Å²) in [7, 11) is 0. The highest BCUT2D eigenvalue weighted by molar-refractivity contribution is 5.98. The maximum Gasteiger partial charge on any atom is 0.355 e. The number of carbonyl (C=O) groups excluding carboxylic acids is 3. The molecule has 0 saturated carbocycles. The molecule has 0 spiro atoms. The van der Waals surface area contributed by atoms with Crippen molar-refractivity contribution in [3.63, 3.8) is 0 Å². The Morgan fingerprint density at radius 2 is 1.88 bits per heavy atom. The van der Waals surface area contributed by atoms with Crippen LogP contribution < -0.4 is 10.6 Å². The zero-order chi connectivity index (χ0) is 18.1. The van der Waals surface area contributed by atoms with E-state index in [0.29, 0.717) is 11.3 Å². The van der Waals surface area contributed by atoms with Gasteiger partial charge in [0, 0.05) is 6.92 Å². The number of benzene rings is 1. The van der Waals surface area contributed by atoms with Crippen molar-refractivity contribution in [2.45, 2.75) is 13.5 Å². The Hall–Kier alpha value is -3.35. The molecule has 25 heavy (non-hydrogen) atoms. The molecule has 1 heterocycles. The highest BCUT2D eigenvalue weighted by Gasteiger charge is 2.15. The van der Waals surface area contributed by atoms with Crippen molar-refractivity contribution in [2.24, 2.45) is 0 Å². The Kier molecular flexibility index (Phi) is 6.53. The van der Waals surface area contributed by atoms with Crippen molar-refractivity contribution in [3.8, 4) is 0 Å². The second kappa shape index (κ2) is 9.07. The molecule has 2 rings (SSSR count). The molecular weight excluding hydrogens is 324 g/mol. The zero-order valence-electron chi connectivity index (χ0n) is 13.7. The maximum atomic E-state index is 12.1. The van der Waals surface area contributed by atoms with Gasteiger partial charge in [0.05, 0.1) is 12.8 Å². The van der Waals surface area contributed by atoms with E-state index in [1.807, 2.05) is 6.07 Å². The van der Waals surface area contributed by atoms with Crippen molar-refractivity contribution in [1.82, 2.24) is 10.6 Å². The van der Waals surface area contributed by atoms with Crippen LogP contribution in [0.15, 0.2) is 58.8 Å². The van der Waals surface area contributed by atoms with Gasteiger partial charge in [-0.15, -0.1) is 0 Å². The van der Waals surface area contributed by atoms with Gasteiger partial charge in [0.1, 0.15) is 11.5 Å². The Morgan fingerprint density at radius 1 is 1.12 bits per heavy atom. The van der Waals surface area contributed by atoms with Crippen LogP contribution in [0.25, 0.3) is 6.08 Å². The van der Waals surface area contributed by atoms with Crippen LogP contribution in [0.2, 0.25) is 0 Å². The van der Waals surface area contributed by atoms with E-state index in [4.69, 9.17) is 9.15 Å². The minimum atomic E-state index is -0.799. The zero-order valence-corrected chi connectivity index (χ0v) is 13.7. The lowest BCUT2D eigenvalue weighted by Crippen LogP contribution is -2.31. The van der Waals surface area contributed by atoms with Crippen LogP contribution in [0.5, 0.6) is 0 Å². The fraction of sp³-hybridized carbons (Fsp3) is 0.167. The van der Waals surface area contributed by atoms with E-state index >= 15 is 0 Å². The van der Waals surface area contributed by atoms with Crippen molar-refractivity contribution >= 4 is 23.9 Å². The molecule has 0 atom stereocenters. The summed E-state index contributed by atoms with van der Waals surface area (Å²) >= 11 is 0. The van der Waals surface area contributed by atoms with Gasteiger partial charge in [-0.2, -0.15) is 0 Å². The standard InChI is InChI=1S/C18H18N2O5/c1-13(21)20-16(10-14-6-3-2-4-7-14)18(23)25-12-17(22)19-11-15-8-5-9-24-15/h2-10H,11-12H2,1H3,(H,19,22)(H,20,21)/b16-10-. The molecule has 0 aliphatic carbocycles. The van der Waals surface area contributed by atoms with Crippen molar-refractivity contribution in [3.05, 3.63) is 65.7 Å². The third kappa shape index (κ3) is 6.34. The number of hydrogen-bond donors (Lipinski definition) is 2. The van der Waals surface area contributed by atoms with Crippen LogP contribution in [-0.2, 0) is 25.7 Å². The smallest absolute Gasteiger partial charge is 0.355 e. The van der Waals surface area contributed by atoms with Crippen molar-refractivity contribution in [2.75, 3.05) is 6.61 Å². The van der Waals surface area contributed by atoms with Crippen LogP contribution in [0.3, 0.4) is 0 Å². The van der Waals surface area contributed by atoms with Crippen LogP contribution >= 0.6 is 0 Å².